The first kappa shape index (κ1) is 19.9. The maximum absolute atomic E-state index is 12.8. The van der Waals surface area contributed by atoms with Crippen molar-refractivity contribution in [3.8, 4) is 22.8 Å². The summed E-state index contributed by atoms with van der Waals surface area (Å²) in [5.41, 5.74) is 1.97. The summed E-state index contributed by atoms with van der Waals surface area (Å²) in [5.74, 6) is 0.756. The lowest BCUT2D eigenvalue weighted by molar-refractivity contribution is 0.101. The van der Waals surface area contributed by atoms with Crippen LogP contribution in [-0.4, -0.2) is 27.8 Å². The van der Waals surface area contributed by atoms with Crippen molar-refractivity contribution in [3.63, 3.8) is 0 Å². The number of carbonyl (C=O) groups excluding carboxylic acids is 1. The fourth-order valence-corrected chi connectivity index (χ4v) is 3.15. The Kier molecular flexibility index (Phi) is 5.70. The van der Waals surface area contributed by atoms with E-state index in [-0.39, 0.29) is 5.82 Å². The molecule has 0 saturated carbocycles. The monoisotopic (exact) mass is 438 g/mol. The summed E-state index contributed by atoms with van der Waals surface area (Å²) < 4.78 is 6.82. The Bertz CT molecular complexity index is 1190. The molecule has 6 nitrogen and oxygen atoms in total. The Balaban J connectivity index is 1.75. The van der Waals surface area contributed by atoms with E-state index in [1.807, 2.05) is 36.4 Å². The molecular weight excluding hydrogens is 423 g/mol. The molecular formula is C22H16Cl2N4O2. The molecule has 1 amide bonds. The highest BCUT2D eigenvalue weighted by Gasteiger charge is 2.19. The molecule has 150 valence electrons. The molecule has 0 fully saturated rings. The van der Waals surface area contributed by atoms with Gasteiger partial charge in [-0.25, -0.2) is 9.67 Å². The number of benzene rings is 3. The largest absolute Gasteiger partial charge is 0.497 e. The van der Waals surface area contributed by atoms with Crippen LogP contribution >= 0.6 is 23.2 Å². The van der Waals surface area contributed by atoms with Gasteiger partial charge in [-0.3, -0.25) is 4.79 Å². The highest BCUT2D eigenvalue weighted by molar-refractivity contribution is 6.33. The van der Waals surface area contributed by atoms with Gasteiger partial charge in [0.1, 0.15) is 5.75 Å². The molecule has 1 aromatic heterocycles. The number of para-hydroxylation sites is 1. The van der Waals surface area contributed by atoms with Crippen molar-refractivity contribution in [2.24, 2.45) is 0 Å². The van der Waals surface area contributed by atoms with Crippen molar-refractivity contribution in [1.82, 2.24) is 14.8 Å². The molecule has 0 saturated heterocycles. The smallest absolute Gasteiger partial charge is 0.295 e. The number of ether oxygens (including phenoxy) is 1. The van der Waals surface area contributed by atoms with Gasteiger partial charge in [-0.05, 0) is 60.7 Å². The lowest BCUT2D eigenvalue weighted by Gasteiger charge is -2.07. The molecule has 1 N–H and O–H groups in total. The van der Waals surface area contributed by atoms with Crippen molar-refractivity contribution in [2.75, 3.05) is 12.4 Å². The van der Waals surface area contributed by atoms with Gasteiger partial charge >= 0.3 is 0 Å². The second kappa shape index (κ2) is 8.57. The maximum atomic E-state index is 12.8. The molecule has 0 radical (unpaired) electrons. The van der Waals surface area contributed by atoms with Crippen molar-refractivity contribution < 1.29 is 9.53 Å². The minimum absolute atomic E-state index is 0.00990. The third-order valence-electron chi connectivity index (χ3n) is 4.35. The van der Waals surface area contributed by atoms with Crippen LogP contribution in [0.5, 0.6) is 5.75 Å². The van der Waals surface area contributed by atoms with Crippen LogP contribution in [0.1, 0.15) is 10.6 Å². The van der Waals surface area contributed by atoms with Crippen molar-refractivity contribution >= 4 is 34.8 Å². The van der Waals surface area contributed by atoms with Gasteiger partial charge in [0, 0.05) is 10.6 Å². The molecule has 4 rings (SSSR count). The molecule has 4 aromatic rings. The minimum Gasteiger partial charge on any atom is -0.497 e. The van der Waals surface area contributed by atoms with Crippen molar-refractivity contribution in [3.05, 3.63) is 88.7 Å². The molecule has 0 unspecified atom stereocenters. The first-order chi connectivity index (χ1) is 14.5. The second-order valence-corrected chi connectivity index (χ2v) is 7.15. The number of amides is 1. The number of hydrogen-bond donors (Lipinski definition) is 1. The number of halogens is 2. The van der Waals surface area contributed by atoms with E-state index in [9.17, 15) is 4.79 Å². The molecule has 0 aliphatic carbocycles. The van der Waals surface area contributed by atoms with Gasteiger partial charge in [-0.15, -0.1) is 5.10 Å². The standard InChI is InChI=1S/C22H16Cl2N4O2/c1-30-17-12-10-16(11-13-17)28-21(14-6-8-15(23)9-7-14)26-20(27-28)22(29)25-19-5-3-2-4-18(19)24/h2-13H,1H3,(H,25,29). The molecule has 0 spiro atoms. The number of hydrogen-bond acceptors (Lipinski definition) is 4. The minimum atomic E-state index is -0.467. The van der Waals surface area contributed by atoms with Gasteiger partial charge in [-0.2, -0.15) is 0 Å². The molecule has 8 heteroatoms. The molecule has 30 heavy (non-hydrogen) atoms. The van der Waals surface area contributed by atoms with Crippen LogP contribution < -0.4 is 10.1 Å². The molecule has 0 atom stereocenters. The van der Waals surface area contributed by atoms with E-state index in [1.54, 1.807) is 48.2 Å². The van der Waals surface area contributed by atoms with E-state index in [2.05, 4.69) is 15.4 Å². The van der Waals surface area contributed by atoms with Crippen LogP contribution in [0.25, 0.3) is 17.1 Å². The third kappa shape index (κ3) is 4.15. The quantitative estimate of drug-likeness (QED) is 0.446. The zero-order valence-electron chi connectivity index (χ0n) is 15.8. The van der Waals surface area contributed by atoms with E-state index in [0.717, 1.165) is 11.3 Å². The Labute approximate surface area is 183 Å². The van der Waals surface area contributed by atoms with E-state index in [0.29, 0.717) is 27.3 Å². The lowest BCUT2D eigenvalue weighted by Crippen LogP contribution is -2.14. The Morgan fingerprint density at radius 1 is 0.967 bits per heavy atom. The zero-order chi connectivity index (χ0) is 21.1. The molecule has 0 aliphatic rings. The normalized spacial score (nSPS) is 10.6. The summed E-state index contributed by atoms with van der Waals surface area (Å²) >= 11 is 12.2. The van der Waals surface area contributed by atoms with Crippen LogP contribution in [-0.2, 0) is 0 Å². The Morgan fingerprint density at radius 3 is 2.33 bits per heavy atom. The molecule has 1 heterocycles. The van der Waals surface area contributed by atoms with Crippen LogP contribution in [0, 0.1) is 0 Å². The molecule has 3 aromatic carbocycles. The number of nitrogens with zero attached hydrogens (tertiary/aromatic N) is 3. The van der Waals surface area contributed by atoms with Crippen molar-refractivity contribution in [1.29, 1.82) is 0 Å². The zero-order valence-corrected chi connectivity index (χ0v) is 17.4. The number of anilines is 1. The predicted molar refractivity (Wildman–Crippen MR) is 118 cm³/mol. The average Bonchev–Trinajstić information content (AvgIpc) is 3.21. The van der Waals surface area contributed by atoms with Gasteiger partial charge in [-0.1, -0.05) is 35.3 Å². The Hall–Kier alpha value is -3.35. The van der Waals surface area contributed by atoms with Gasteiger partial charge in [0.15, 0.2) is 5.82 Å². The second-order valence-electron chi connectivity index (χ2n) is 6.31. The fraction of sp³-hybridized carbons (Fsp3) is 0.0455. The van der Waals surface area contributed by atoms with Crippen LogP contribution in [0.4, 0.5) is 5.69 Å². The van der Waals surface area contributed by atoms with Gasteiger partial charge in [0.2, 0.25) is 5.82 Å². The number of aromatic nitrogens is 3. The van der Waals surface area contributed by atoms with Crippen LogP contribution in [0.3, 0.4) is 0 Å². The highest BCUT2D eigenvalue weighted by atomic mass is 35.5. The average molecular weight is 439 g/mol. The van der Waals surface area contributed by atoms with E-state index in [1.165, 1.54) is 0 Å². The van der Waals surface area contributed by atoms with Crippen LogP contribution in [0.15, 0.2) is 72.8 Å². The molecule has 0 bridgehead atoms. The Morgan fingerprint density at radius 2 is 1.67 bits per heavy atom. The van der Waals surface area contributed by atoms with Gasteiger partial charge in [0.25, 0.3) is 5.91 Å². The van der Waals surface area contributed by atoms with E-state index in [4.69, 9.17) is 27.9 Å². The predicted octanol–water partition coefficient (Wildman–Crippen LogP) is 5.50. The summed E-state index contributed by atoms with van der Waals surface area (Å²) in [7, 11) is 1.60. The lowest BCUT2D eigenvalue weighted by atomic mass is 10.2. The first-order valence-corrected chi connectivity index (χ1v) is 9.74. The highest BCUT2D eigenvalue weighted by Crippen LogP contribution is 2.25. The molecule has 0 aliphatic heterocycles. The SMILES string of the molecule is COc1ccc(-n2nc(C(=O)Nc3ccccc3Cl)nc2-c2ccc(Cl)cc2)cc1. The number of rotatable bonds is 5. The summed E-state index contributed by atoms with van der Waals surface area (Å²) in [6.45, 7) is 0. The summed E-state index contributed by atoms with van der Waals surface area (Å²) in [5, 5.41) is 8.22. The first-order valence-electron chi connectivity index (χ1n) is 8.98. The van der Waals surface area contributed by atoms with E-state index < -0.39 is 5.91 Å². The van der Waals surface area contributed by atoms with Crippen LogP contribution in [0.2, 0.25) is 10.0 Å². The maximum Gasteiger partial charge on any atom is 0.295 e. The van der Waals surface area contributed by atoms with Gasteiger partial charge in [0.05, 0.1) is 23.5 Å². The van der Waals surface area contributed by atoms with E-state index >= 15 is 0 Å². The van der Waals surface area contributed by atoms with Gasteiger partial charge < -0.3 is 10.1 Å². The summed E-state index contributed by atoms with van der Waals surface area (Å²) in [6.07, 6.45) is 0. The topological polar surface area (TPSA) is 69.0 Å². The number of methoxy groups -OCH3 is 1. The summed E-state index contributed by atoms with van der Waals surface area (Å²) in [4.78, 5) is 17.3. The third-order valence-corrected chi connectivity index (χ3v) is 4.93. The fourth-order valence-electron chi connectivity index (χ4n) is 2.84. The number of carbonyl (C=O) groups is 1. The summed E-state index contributed by atoms with van der Waals surface area (Å²) in [6, 6.07) is 21.4. The van der Waals surface area contributed by atoms with Crippen molar-refractivity contribution in [2.45, 2.75) is 0 Å². The number of nitrogens with one attached hydrogen (secondary N) is 1.